The number of aromatic nitrogens is 2. The predicted molar refractivity (Wildman–Crippen MR) is 128 cm³/mol. The van der Waals surface area contributed by atoms with Crippen LogP contribution in [0.4, 0.5) is 0 Å². The molecular weight excluding hydrogens is 647 g/mol. The van der Waals surface area contributed by atoms with E-state index in [4.69, 9.17) is 29.4 Å². The molecule has 232 valence electrons. The second kappa shape index (κ2) is 19.0. The second-order valence-corrected chi connectivity index (χ2v) is 14.7. The van der Waals surface area contributed by atoms with E-state index in [1.807, 2.05) is 0 Å². The summed E-state index contributed by atoms with van der Waals surface area (Å²) in [7, 11) is -22.3. The summed E-state index contributed by atoms with van der Waals surface area (Å²) in [6.07, 6.45) is 3.04. The van der Waals surface area contributed by atoms with Crippen molar-refractivity contribution in [1.82, 2.24) is 9.97 Å². The third-order valence-corrected chi connectivity index (χ3v) is 11.6. The Morgan fingerprint density at radius 1 is 0.625 bits per heavy atom. The molecule has 0 saturated heterocycles. The van der Waals surface area contributed by atoms with Crippen LogP contribution in [-0.4, -0.2) is 87.1 Å². The fourth-order valence-electron chi connectivity index (χ4n) is 2.29. The molecule has 0 aliphatic heterocycles. The van der Waals surface area contributed by atoms with Crippen LogP contribution in [0.5, 0.6) is 0 Å². The molecule has 18 N–H and O–H groups in total. The summed E-state index contributed by atoms with van der Waals surface area (Å²) in [4.78, 5) is 82.0. The molecule has 2 aromatic heterocycles. The SMILES string of the molecule is O.O.O.O.O.O=P([O-])(O)C(O)(Cc1cccnc1)P(=O)(O)O.O=P([O-])(O)C(O)(Cc1cccnc1)P(=O)(O)O.[Na+]. The third-order valence-electron chi connectivity index (χ3n) is 4.17. The van der Waals surface area contributed by atoms with Crippen LogP contribution in [-0.2, 0) is 31.1 Å². The molecule has 26 heteroatoms. The number of nitrogens with zero attached hydrogens (tertiary/aromatic N) is 2. The van der Waals surface area contributed by atoms with Crippen LogP contribution in [0.2, 0.25) is 0 Å². The molecule has 0 fully saturated rings. The molecule has 2 heterocycles. The minimum atomic E-state index is -5.66. The van der Waals surface area contributed by atoms with E-state index in [2.05, 4.69) is 9.97 Å². The van der Waals surface area contributed by atoms with Gasteiger partial charge in [0.1, 0.15) is 0 Å². The van der Waals surface area contributed by atoms with Crippen molar-refractivity contribution < 1.29 is 125 Å². The van der Waals surface area contributed by atoms with Gasteiger partial charge in [-0.1, -0.05) is 12.1 Å². The predicted octanol–water partition coefficient (Wildman–Crippen LogP) is -9.13. The van der Waals surface area contributed by atoms with Gasteiger partial charge < -0.3 is 85.9 Å². The molecule has 0 spiro atoms. The van der Waals surface area contributed by atoms with Crippen molar-refractivity contribution in [3.8, 4) is 0 Å². The Labute approximate surface area is 247 Å². The molecule has 21 nitrogen and oxygen atoms in total. The first-order valence-electron chi connectivity index (χ1n) is 8.57. The zero-order valence-electron chi connectivity index (χ0n) is 20.2. The van der Waals surface area contributed by atoms with Gasteiger partial charge in [0.2, 0.25) is 10.2 Å². The molecule has 0 aliphatic rings. The summed E-state index contributed by atoms with van der Waals surface area (Å²) in [6, 6.07) is 5.40. The van der Waals surface area contributed by atoms with Gasteiger partial charge in [-0.05, 0) is 23.3 Å². The van der Waals surface area contributed by atoms with Crippen LogP contribution < -0.4 is 39.3 Å². The van der Waals surface area contributed by atoms with Crippen molar-refractivity contribution in [2.45, 2.75) is 23.0 Å². The molecule has 0 aliphatic carbocycles. The fourth-order valence-corrected chi connectivity index (χ4v) is 6.46. The molecule has 0 aromatic carbocycles. The van der Waals surface area contributed by atoms with Gasteiger partial charge in [-0.15, -0.1) is 0 Å². The molecule has 0 amide bonds. The molecule has 40 heavy (non-hydrogen) atoms. The van der Waals surface area contributed by atoms with E-state index in [1.165, 1.54) is 36.7 Å². The Kier molecular flexibility index (Phi) is 24.8. The first-order valence-corrected chi connectivity index (χ1v) is 15.0. The van der Waals surface area contributed by atoms with Crippen LogP contribution in [0.3, 0.4) is 0 Å². The summed E-state index contributed by atoms with van der Waals surface area (Å²) in [5.74, 6) is 0. The van der Waals surface area contributed by atoms with Gasteiger partial charge in [-0.25, -0.2) is 0 Å². The van der Waals surface area contributed by atoms with E-state index in [0.717, 1.165) is 12.4 Å². The Morgan fingerprint density at radius 3 is 1.02 bits per heavy atom. The minimum absolute atomic E-state index is 0. The molecule has 2 rings (SSSR count). The van der Waals surface area contributed by atoms with Gasteiger partial charge in [0, 0.05) is 37.6 Å². The molecule has 2 aromatic rings. The Balaban J connectivity index is -0.000000126. The van der Waals surface area contributed by atoms with Crippen LogP contribution >= 0.6 is 30.4 Å². The average molecular weight is 677 g/mol. The maximum Gasteiger partial charge on any atom is 1.00 e. The van der Waals surface area contributed by atoms with Gasteiger partial charge in [0.15, 0.2) is 15.2 Å². The van der Waals surface area contributed by atoms with Gasteiger partial charge >= 0.3 is 44.7 Å². The smallest absolute Gasteiger partial charge is 0.776 e. The van der Waals surface area contributed by atoms with E-state index >= 15 is 0 Å². The zero-order valence-corrected chi connectivity index (χ0v) is 25.8. The number of rotatable bonds is 8. The van der Waals surface area contributed by atoms with Crippen molar-refractivity contribution in [2.24, 2.45) is 0 Å². The van der Waals surface area contributed by atoms with Gasteiger partial charge in [-0.3, -0.25) is 19.1 Å². The maximum absolute atomic E-state index is 11.0. The van der Waals surface area contributed by atoms with E-state index in [1.54, 1.807) is 0 Å². The minimum Gasteiger partial charge on any atom is -0.776 e. The quantitative estimate of drug-likeness (QED) is 0.0949. The zero-order chi connectivity index (χ0) is 26.6. The second-order valence-electron chi connectivity index (χ2n) is 6.75. The summed E-state index contributed by atoms with van der Waals surface area (Å²) < 4.78 is 43.8. The van der Waals surface area contributed by atoms with Gasteiger partial charge in [-0.2, -0.15) is 0 Å². The van der Waals surface area contributed by atoms with E-state index in [9.17, 15) is 38.3 Å². The summed E-state index contributed by atoms with van der Waals surface area (Å²) in [5.41, 5.74) is 0.118. The van der Waals surface area contributed by atoms with Gasteiger partial charge in [0.05, 0.1) is 0 Å². The molecular formula is C14H30N2NaO19P4-. The standard InChI is InChI=1S/2C7H11NO7P2.Na.5H2O/c2*9-7(16(10,11)12,17(13,14)15)4-6-2-1-3-8-5-6;;;;;;/h2*1-3,5,9H,4H2,(H2,10,11,12)(H2,13,14,15);;5*1H2/q;;+1;;;;;/p-2. The van der Waals surface area contributed by atoms with E-state index in [-0.39, 0.29) is 68.1 Å². The first kappa shape index (κ1) is 52.3. The van der Waals surface area contributed by atoms with Crippen LogP contribution in [0.1, 0.15) is 11.1 Å². The van der Waals surface area contributed by atoms with Crippen LogP contribution in [0.15, 0.2) is 49.1 Å². The average Bonchev–Trinajstić information content (AvgIpc) is 2.66. The van der Waals surface area contributed by atoms with Crippen molar-refractivity contribution in [3.63, 3.8) is 0 Å². The molecule has 4 unspecified atom stereocenters. The molecule has 4 atom stereocenters. The summed E-state index contributed by atoms with van der Waals surface area (Å²) in [6.45, 7) is 0. The Hall–Kier alpha value is -0.380. The van der Waals surface area contributed by atoms with Crippen LogP contribution in [0, 0.1) is 0 Å². The molecule has 0 saturated carbocycles. The summed E-state index contributed by atoms with van der Waals surface area (Å²) in [5, 5.41) is 12.0. The van der Waals surface area contributed by atoms with Gasteiger partial charge in [0.25, 0.3) is 0 Å². The molecule has 0 radical (unpaired) electrons. The number of hydrogen-bond acceptors (Lipinski definition) is 10. The largest absolute Gasteiger partial charge is 1.00 e. The monoisotopic (exact) mass is 677 g/mol. The normalized spacial score (nSPS) is 16.4. The van der Waals surface area contributed by atoms with Crippen molar-refractivity contribution in [2.75, 3.05) is 0 Å². The van der Waals surface area contributed by atoms with Crippen molar-refractivity contribution >= 4 is 30.4 Å². The van der Waals surface area contributed by atoms with Crippen LogP contribution in [0.25, 0.3) is 0 Å². The summed E-state index contributed by atoms with van der Waals surface area (Å²) >= 11 is 0. The third kappa shape index (κ3) is 13.3. The van der Waals surface area contributed by atoms with E-state index < -0.39 is 53.4 Å². The Bertz CT molecular complexity index is 1020. The van der Waals surface area contributed by atoms with Crippen molar-refractivity contribution in [3.05, 3.63) is 60.2 Å². The molecule has 0 bridgehead atoms. The van der Waals surface area contributed by atoms with Crippen molar-refractivity contribution in [1.29, 1.82) is 0 Å². The fraction of sp³-hybridized carbons (Fsp3) is 0.286. The Morgan fingerprint density at radius 2 is 0.875 bits per heavy atom. The number of aliphatic hydroxyl groups is 2. The number of hydrogen-bond donors (Lipinski definition) is 8. The first-order chi connectivity index (χ1) is 15.2. The number of pyridine rings is 2. The topological polar surface area (TPSA) is 460 Å². The van der Waals surface area contributed by atoms with E-state index in [0.29, 0.717) is 0 Å². The maximum atomic E-state index is 11.0.